The van der Waals surface area contributed by atoms with E-state index in [2.05, 4.69) is 55.8 Å². The minimum atomic E-state index is -1.03. The number of hydrogen-bond donors (Lipinski definition) is 0. The van der Waals surface area contributed by atoms with Gasteiger partial charge in [-0.3, -0.25) is 4.99 Å². The van der Waals surface area contributed by atoms with Crippen molar-refractivity contribution in [3.8, 4) is 0 Å². The molecule has 0 N–H and O–H groups in total. The molecule has 0 saturated heterocycles. The molecule has 1 aromatic rings. The summed E-state index contributed by atoms with van der Waals surface area (Å²) in [6, 6.07) is 8.35. The van der Waals surface area contributed by atoms with Gasteiger partial charge in [0.05, 0.1) is 8.07 Å². The zero-order valence-electron chi connectivity index (χ0n) is 9.54. The third-order valence-electron chi connectivity index (χ3n) is 1.98. The molecule has 0 aromatic heterocycles. The van der Waals surface area contributed by atoms with Gasteiger partial charge in [-0.05, 0) is 18.1 Å². The highest BCUT2D eigenvalue weighted by atomic mass is 28.3. The van der Waals surface area contributed by atoms with E-state index in [4.69, 9.17) is 0 Å². The van der Waals surface area contributed by atoms with E-state index in [1.54, 1.807) is 0 Å². The highest BCUT2D eigenvalue weighted by Crippen LogP contribution is 2.05. The van der Waals surface area contributed by atoms with Crippen molar-refractivity contribution < 1.29 is 0 Å². The lowest BCUT2D eigenvalue weighted by Gasteiger charge is -2.10. The van der Waals surface area contributed by atoms with Crippen molar-refractivity contribution in [1.82, 2.24) is 0 Å². The second-order valence-corrected chi connectivity index (χ2v) is 10.3. The van der Waals surface area contributed by atoms with E-state index >= 15 is 0 Å². The molecule has 2 heteroatoms. The minimum Gasteiger partial charge on any atom is -0.296 e. The molecule has 0 fully saturated rings. The fraction of sp³-hybridized carbons (Fsp3) is 0.417. The molecule has 0 amide bonds. The Morgan fingerprint density at radius 1 is 1.21 bits per heavy atom. The van der Waals surface area contributed by atoms with E-state index in [0.717, 1.165) is 6.17 Å². The van der Waals surface area contributed by atoms with E-state index in [1.165, 1.54) is 11.1 Å². The number of rotatable bonds is 3. The van der Waals surface area contributed by atoms with Crippen LogP contribution in [0.4, 0.5) is 0 Å². The van der Waals surface area contributed by atoms with Crippen molar-refractivity contribution in [3.63, 3.8) is 0 Å². The molecule has 76 valence electrons. The first kappa shape index (κ1) is 11.2. The van der Waals surface area contributed by atoms with E-state index in [9.17, 15) is 0 Å². The van der Waals surface area contributed by atoms with E-state index in [1.807, 2.05) is 6.21 Å². The quantitative estimate of drug-likeness (QED) is 0.530. The monoisotopic (exact) mass is 205 g/mol. The SMILES string of the molecule is Cc1ccccc1C=NC[Si](C)(C)C. The van der Waals surface area contributed by atoms with Crippen LogP contribution < -0.4 is 0 Å². The molecule has 0 unspecified atom stereocenters. The summed E-state index contributed by atoms with van der Waals surface area (Å²) in [4.78, 5) is 4.51. The summed E-state index contributed by atoms with van der Waals surface area (Å²) < 4.78 is 0. The lowest BCUT2D eigenvalue weighted by Crippen LogP contribution is -2.24. The Morgan fingerprint density at radius 3 is 2.43 bits per heavy atom. The molecular weight excluding hydrogens is 186 g/mol. The van der Waals surface area contributed by atoms with Crippen molar-refractivity contribution >= 4 is 14.3 Å². The summed E-state index contributed by atoms with van der Waals surface area (Å²) in [5.74, 6) is 0. The zero-order chi connectivity index (χ0) is 10.6. The van der Waals surface area contributed by atoms with Crippen molar-refractivity contribution in [2.24, 2.45) is 4.99 Å². The van der Waals surface area contributed by atoms with Crippen molar-refractivity contribution in [2.45, 2.75) is 26.6 Å². The molecule has 14 heavy (non-hydrogen) atoms. The Morgan fingerprint density at radius 2 is 1.86 bits per heavy atom. The van der Waals surface area contributed by atoms with Crippen LogP contribution in [0.25, 0.3) is 0 Å². The van der Waals surface area contributed by atoms with Crippen LogP contribution >= 0.6 is 0 Å². The van der Waals surface area contributed by atoms with Gasteiger partial charge in [0.15, 0.2) is 0 Å². The molecular formula is C12H19NSi. The summed E-state index contributed by atoms with van der Waals surface area (Å²) in [6.45, 7) is 9.13. The first-order valence-corrected chi connectivity index (χ1v) is 8.75. The number of benzene rings is 1. The van der Waals surface area contributed by atoms with Gasteiger partial charge in [0.2, 0.25) is 0 Å². The largest absolute Gasteiger partial charge is 0.296 e. The van der Waals surface area contributed by atoms with Crippen molar-refractivity contribution in [2.75, 3.05) is 6.17 Å². The summed E-state index contributed by atoms with van der Waals surface area (Å²) in [5, 5.41) is 0. The summed E-state index contributed by atoms with van der Waals surface area (Å²) in [7, 11) is -1.03. The van der Waals surface area contributed by atoms with Crippen LogP contribution in [0.1, 0.15) is 11.1 Å². The Kier molecular flexibility index (Phi) is 3.64. The second-order valence-electron chi connectivity index (χ2n) is 4.89. The zero-order valence-corrected chi connectivity index (χ0v) is 10.5. The maximum absolute atomic E-state index is 4.51. The highest BCUT2D eigenvalue weighted by molar-refractivity contribution is 6.76. The Hall–Kier alpha value is -0.893. The standard InChI is InChI=1S/C12H19NSi/c1-11-7-5-6-8-12(11)9-13-10-14(2,3)4/h5-9H,10H2,1-4H3. The molecule has 1 rings (SSSR count). The third kappa shape index (κ3) is 3.88. The molecule has 0 spiro atoms. The van der Waals surface area contributed by atoms with Gasteiger partial charge in [-0.1, -0.05) is 43.9 Å². The molecule has 0 aliphatic carbocycles. The number of aliphatic imine (C=N–C) groups is 1. The lowest BCUT2D eigenvalue weighted by molar-refractivity contribution is 1.29. The molecule has 0 atom stereocenters. The first-order valence-electron chi connectivity index (χ1n) is 5.04. The maximum Gasteiger partial charge on any atom is 0.0692 e. The van der Waals surface area contributed by atoms with Crippen LogP contribution in [-0.2, 0) is 0 Å². The van der Waals surface area contributed by atoms with Gasteiger partial charge < -0.3 is 0 Å². The summed E-state index contributed by atoms with van der Waals surface area (Å²) in [6.07, 6.45) is 3.02. The van der Waals surface area contributed by atoms with Gasteiger partial charge in [-0.25, -0.2) is 0 Å². The van der Waals surface area contributed by atoms with Gasteiger partial charge >= 0.3 is 0 Å². The van der Waals surface area contributed by atoms with Crippen LogP contribution in [0.3, 0.4) is 0 Å². The van der Waals surface area contributed by atoms with Gasteiger partial charge in [0.25, 0.3) is 0 Å². The fourth-order valence-electron chi connectivity index (χ4n) is 1.15. The predicted octanol–water partition coefficient (Wildman–Crippen LogP) is 3.29. The van der Waals surface area contributed by atoms with Gasteiger partial charge in [0, 0.05) is 12.4 Å². The van der Waals surface area contributed by atoms with Crippen LogP contribution in [0.5, 0.6) is 0 Å². The first-order chi connectivity index (χ1) is 6.49. The molecule has 0 bridgehead atoms. The van der Waals surface area contributed by atoms with E-state index in [0.29, 0.717) is 0 Å². The second kappa shape index (κ2) is 4.56. The lowest BCUT2D eigenvalue weighted by atomic mass is 10.1. The molecule has 0 radical (unpaired) electrons. The summed E-state index contributed by atoms with van der Waals surface area (Å²) in [5.41, 5.74) is 2.54. The normalized spacial score (nSPS) is 12.3. The van der Waals surface area contributed by atoms with Crippen LogP contribution in [0.2, 0.25) is 19.6 Å². The van der Waals surface area contributed by atoms with Crippen LogP contribution in [0.15, 0.2) is 29.3 Å². The summed E-state index contributed by atoms with van der Waals surface area (Å²) >= 11 is 0. The molecule has 1 aromatic carbocycles. The minimum absolute atomic E-state index is 1.02. The molecule has 1 nitrogen and oxygen atoms in total. The smallest absolute Gasteiger partial charge is 0.0692 e. The predicted molar refractivity (Wildman–Crippen MR) is 67.0 cm³/mol. The Labute approximate surface area is 87.9 Å². The van der Waals surface area contributed by atoms with E-state index < -0.39 is 8.07 Å². The molecule has 0 aliphatic rings. The van der Waals surface area contributed by atoms with Gasteiger partial charge in [-0.2, -0.15) is 0 Å². The Bertz CT molecular complexity index is 323. The topological polar surface area (TPSA) is 12.4 Å². The number of nitrogens with zero attached hydrogens (tertiary/aromatic N) is 1. The number of hydrogen-bond acceptors (Lipinski definition) is 1. The van der Waals surface area contributed by atoms with Crippen molar-refractivity contribution in [3.05, 3.63) is 35.4 Å². The third-order valence-corrected chi connectivity index (χ3v) is 3.12. The number of aryl methyl sites for hydroxylation is 1. The van der Waals surface area contributed by atoms with Crippen molar-refractivity contribution in [1.29, 1.82) is 0 Å². The van der Waals surface area contributed by atoms with Crippen LogP contribution in [0, 0.1) is 6.92 Å². The highest BCUT2D eigenvalue weighted by Gasteiger charge is 2.10. The molecule has 0 saturated carbocycles. The maximum atomic E-state index is 4.51. The Balaban J connectivity index is 2.65. The molecule has 0 aliphatic heterocycles. The molecule has 0 heterocycles. The van der Waals surface area contributed by atoms with Crippen LogP contribution in [-0.4, -0.2) is 20.5 Å². The average Bonchev–Trinajstić information content (AvgIpc) is 2.06. The van der Waals surface area contributed by atoms with E-state index in [-0.39, 0.29) is 0 Å². The average molecular weight is 205 g/mol. The van der Waals surface area contributed by atoms with Gasteiger partial charge in [-0.15, -0.1) is 0 Å². The van der Waals surface area contributed by atoms with Gasteiger partial charge in [0.1, 0.15) is 0 Å². The fourth-order valence-corrected chi connectivity index (χ4v) is 1.79.